The zero-order valence-corrected chi connectivity index (χ0v) is 16.3. The van der Waals surface area contributed by atoms with Crippen molar-refractivity contribution >= 4 is 22.7 Å². The number of hydrogen-bond donors (Lipinski definition) is 1. The van der Waals surface area contributed by atoms with Crippen molar-refractivity contribution in [2.24, 2.45) is 0 Å². The Balaban J connectivity index is 1.65. The van der Waals surface area contributed by atoms with Crippen molar-refractivity contribution in [3.63, 3.8) is 0 Å². The van der Waals surface area contributed by atoms with Crippen molar-refractivity contribution in [3.05, 3.63) is 75.1 Å². The van der Waals surface area contributed by atoms with Gasteiger partial charge in [-0.15, -0.1) is 0 Å². The number of carbonyl (C=O) groups excluding carboxylic acids is 2. The standard InChI is InChI=1S/C23H19N3O4/c1-25-11-17(27)26-20(13-6-7-16-12(10-13)8-9-30-16)19-18(21(26)23(25)29)22(28)14-4-2-3-5-15(14)24-19/h2-7,10,20-21H,8-9,11H2,1H3,(H,24,28)/t20-,21-/m1/s1. The van der Waals surface area contributed by atoms with Crippen LogP contribution in [-0.4, -0.2) is 46.8 Å². The quantitative estimate of drug-likeness (QED) is 0.675. The monoisotopic (exact) mass is 401 g/mol. The van der Waals surface area contributed by atoms with Crippen molar-refractivity contribution in [1.29, 1.82) is 0 Å². The second kappa shape index (κ2) is 5.95. The number of hydrogen-bond acceptors (Lipinski definition) is 4. The number of aromatic nitrogens is 1. The van der Waals surface area contributed by atoms with E-state index in [1.807, 2.05) is 30.3 Å². The lowest BCUT2D eigenvalue weighted by atomic mass is 9.98. The molecule has 1 aromatic heterocycles. The number of aromatic amines is 1. The van der Waals surface area contributed by atoms with Crippen molar-refractivity contribution in [1.82, 2.24) is 14.8 Å². The summed E-state index contributed by atoms with van der Waals surface area (Å²) in [7, 11) is 1.60. The first-order valence-corrected chi connectivity index (χ1v) is 10.0. The Hall–Kier alpha value is -3.61. The van der Waals surface area contributed by atoms with Crippen LogP contribution in [0.4, 0.5) is 0 Å². The molecule has 1 saturated heterocycles. The van der Waals surface area contributed by atoms with Gasteiger partial charge in [-0.25, -0.2) is 0 Å². The maximum absolute atomic E-state index is 13.4. The Kier molecular flexibility index (Phi) is 3.42. The molecule has 0 bridgehead atoms. The van der Waals surface area contributed by atoms with Crippen molar-refractivity contribution in [3.8, 4) is 5.75 Å². The molecule has 3 aromatic rings. The van der Waals surface area contributed by atoms with Crippen LogP contribution in [0.1, 0.15) is 34.5 Å². The van der Waals surface area contributed by atoms with Crippen LogP contribution in [0.15, 0.2) is 47.3 Å². The number of nitrogens with one attached hydrogen (secondary N) is 1. The minimum atomic E-state index is -0.908. The molecule has 2 amide bonds. The molecule has 2 aromatic carbocycles. The van der Waals surface area contributed by atoms with E-state index >= 15 is 0 Å². The molecule has 2 atom stereocenters. The number of benzene rings is 2. The number of ether oxygens (including phenoxy) is 1. The van der Waals surface area contributed by atoms with Gasteiger partial charge in [0.1, 0.15) is 11.8 Å². The van der Waals surface area contributed by atoms with E-state index in [1.165, 1.54) is 4.90 Å². The average molecular weight is 401 g/mol. The fourth-order valence-electron chi connectivity index (χ4n) is 4.99. The number of rotatable bonds is 1. The van der Waals surface area contributed by atoms with Crippen LogP contribution in [0.2, 0.25) is 0 Å². The lowest BCUT2D eigenvalue weighted by molar-refractivity contribution is -0.155. The van der Waals surface area contributed by atoms with Gasteiger partial charge < -0.3 is 19.5 Å². The molecule has 150 valence electrons. The Labute approximate surface area is 171 Å². The lowest BCUT2D eigenvalue weighted by Gasteiger charge is -2.37. The summed E-state index contributed by atoms with van der Waals surface area (Å²) in [6.45, 7) is 0.637. The number of H-pyrrole nitrogens is 1. The van der Waals surface area contributed by atoms with Crippen LogP contribution in [0, 0.1) is 0 Å². The third-order valence-corrected chi connectivity index (χ3v) is 6.38. The topological polar surface area (TPSA) is 82.7 Å². The number of piperazine rings is 1. The molecule has 4 heterocycles. The lowest BCUT2D eigenvalue weighted by Crippen LogP contribution is -2.53. The largest absolute Gasteiger partial charge is 0.493 e. The minimum absolute atomic E-state index is 0.00157. The van der Waals surface area contributed by atoms with E-state index in [2.05, 4.69) is 4.98 Å². The van der Waals surface area contributed by atoms with Gasteiger partial charge in [-0.1, -0.05) is 18.2 Å². The smallest absolute Gasteiger partial charge is 0.250 e. The molecule has 7 heteroatoms. The van der Waals surface area contributed by atoms with Crippen LogP contribution >= 0.6 is 0 Å². The van der Waals surface area contributed by atoms with E-state index in [0.717, 1.165) is 23.3 Å². The van der Waals surface area contributed by atoms with Crippen LogP contribution in [-0.2, 0) is 16.0 Å². The summed E-state index contributed by atoms with van der Waals surface area (Å²) in [5.74, 6) is 0.446. The molecule has 0 unspecified atom stereocenters. The fourth-order valence-corrected chi connectivity index (χ4v) is 4.99. The minimum Gasteiger partial charge on any atom is -0.493 e. The Bertz CT molecular complexity index is 1310. The number of carbonyl (C=O) groups is 2. The van der Waals surface area contributed by atoms with Gasteiger partial charge in [-0.3, -0.25) is 14.4 Å². The van der Waals surface area contributed by atoms with Gasteiger partial charge >= 0.3 is 0 Å². The highest BCUT2D eigenvalue weighted by molar-refractivity contribution is 5.98. The molecule has 1 N–H and O–H groups in total. The predicted molar refractivity (Wildman–Crippen MR) is 109 cm³/mol. The van der Waals surface area contributed by atoms with Crippen molar-refractivity contribution in [2.75, 3.05) is 20.2 Å². The molecular weight excluding hydrogens is 382 g/mol. The number of para-hydroxylation sites is 1. The molecule has 1 fully saturated rings. The van der Waals surface area contributed by atoms with Gasteiger partial charge in [0.25, 0.3) is 0 Å². The summed E-state index contributed by atoms with van der Waals surface area (Å²) in [5, 5.41) is 0.521. The molecule has 0 aliphatic carbocycles. The fraction of sp³-hybridized carbons (Fsp3) is 0.261. The predicted octanol–water partition coefficient (Wildman–Crippen LogP) is 1.91. The van der Waals surface area contributed by atoms with Gasteiger partial charge in [0.15, 0.2) is 5.43 Å². The zero-order chi connectivity index (χ0) is 20.6. The molecule has 6 rings (SSSR count). The third kappa shape index (κ3) is 2.17. The van der Waals surface area contributed by atoms with Crippen LogP contribution < -0.4 is 10.2 Å². The molecule has 30 heavy (non-hydrogen) atoms. The first-order chi connectivity index (χ1) is 14.5. The highest BCUT2D eigenvalue weighted by atomic mass is 16.5. The van der Waals surface area contributed by atoms with E-state index in [-0.39, 0.29) is 23.8 Å². The second-order valence-electron chi connectivity index (χ2n) is 8.09. The van der Waals surface area contributed by atoms with E-state index < -0.39 is 12.1 Å². The van der Waals surface area contributed by atoms with E-state index in [4.69, 9.17) is 4.74 Å². The summed E-state index contributed by atoms with van der Waals surface area (Å²) in [6, 6.07) is 11.7. The first-order valence-electron chi connectivity index (χ1n) is 10.0. The maximum Gasteiger partial charge on any atom is 0.250 e. The average Bonchev–Trinajstić information content (AvgIpc) is 3.34. The molecule has 0 radical (unpaired) electrons. The normalized spacial score (nSPS) is 22.2. The van der Waals surface area contributed by atoms with Crippen LogP contribution in [0.3, 0.4) is 0 Å². The van der Waals surface area contributed by atoms with Gasteiger partial charge in [0.05, 0.1) is 30.5 Å². The molecule has 3 aliphatic rings. The van der Waals surface area contributed by atoms with Crippen LogP contribution in [0.25, 0.3) is 10.9 Å². The Morgan fingerprint density at radius 1 is 1.07 bits per heavy atom. The third-order valence-electron chi connectivity index (χ3n) is 6.38. The number of likely N-dealkylation sites (N-methyl/N-ethyl adjacent to an activating group) is 1. The Morgan fingerprint density at radius 3 is 2.77 bits per heavy atom. The first kappa shape index (κ1) is 17.3. The van der Waals surface area contributed by atoms with Gasteiger partial charge in [-0.2, -0.15) is 0 Å². The zero-order valence-electron chi connectivity index (χ0n) is 16.3. The summed E-state index contributed by atoms with van der Waals surface area (Å²) >= 11 is 0. The highest BCUT2D eigenvalue weighted by Gasteiger charge is 2.51. The summed E-state index contributed by atoms with van der Waals surface area (Å²) in [6.07, 6.45) is 0.802. The van der Waals surface area contributed by atoms with Crippen LogP contribution in [0.5, 0.6) is 5.75 Å². The van der Waals surface area contributed by atoms with Gasteiger partial charge in [-0.05, 0) is 35.4 Å². The molecule has 7 nitrogen and oxygen atoms in total. The van der Waals surface area contributed by atoms with Crippen molar-refractivity contribution in [2.45, 2.75) is 18.5 Å². The number of nitrogens with zero attached hydrogens (tertiary/aromatic N) is 2. The van der Waals surface area contributed by atoms with Crippen molar-refractivity contribution < 1.29 is 14.3 Å². The summed E-state index contributed by atoms with van der Waals surface area (Å²) < 4.78 is 5.62. The molecule has 0 spiro atoms. The molecular formula is C23H19N3O4. The summed E-state index contributed by atoms with van der Waals surface area (Å²) in [5.41, 5.74) is 3.45. The number of pyridine rings is 1. The number of fused-ring (bicyclic) bond motifs is 5. The molecule has 0 saturated carbocycles. The maximum atomic E-state index is 13.4. The summed E-state index contributed by atoms with van der Waals surface area (Å²) in [4.78, 5) is 46.1. The van der Waals surface area contributed by atoms with Gasteiger partial charge in [0, 0.05) is 24.4 Å². The Morgan fingerprint density at radius 2 is 1.90 bits per heavy atom. The second-order valence-corrected chi connectivity index (χ2v) is 8.09. The molecule has 3 aliphatic heterocycles. The van der Waals surface area contributed by atoms with E-state index in [1.54, 1.807) is 24.1 Å². The van der Waals surface area contributed by atoms with Gasteiger partial charge in [0.2, 0.25) is 11.8 Å². The SMILES string of the molecule is CN1CC(=O)N2[C@H](c3ccc4c(c3)CCO4)c3[nH]c4ccccc4c(=O)c3[C@@H]2C1=O. The highest BCUT2D eigenvalue weighted by Crippen LogP contribution is 2.47. The van der Waals surface area contributed by atoms with E-state index in [0.29, 0.717) is 28.8 Å². The van der Waals surface area contributed by atoms with E-state index in [9.17, 15) is 14.4 Å². The number of amides is 2.